The molecular formula is C11H19NO5S. The Bertz CT molecular complexity index is 409. The smallest absolute Gasteiger partial charge is 0.306 e. The number of carboxylic acids is 1. The quantitative estimate of drug-likeness (QED) is 0.725. The number of hydrogen-bond acceptors (Lipinski definition) is 4. The van der Waals surface area contributed by atoms with Gasteiger partial charge in [-0.1, -0.05) is 0 Å². The van der Waals surface area contributed by atoms with Gasteiger partial charge in [0.1, 0.15) is 0 Å². The molecule has 1 rings (SSSR count). The molecule has 18 heavy (non-hydrogen) atoms. The molecule has 1 fully saturated rings. The molecule has 0 bridgehead atoms. The number of amides is 1. The van der Waals surface area contributed by atoms with Crippen molar-refractivity contribution in [2.45, 2.75) is 43.8 Å². The fourth-order valence-electron chi connectivity index (χ4n) is 2.28. The number of carbonyl (C=O) groups excluding carboxylic acids is 1. The van der Waals surface area contributed by atoms with Gasteiger partial charge in [0.05, 0.1) is 16.9 Å². The molecule has 0 unspecified atom stereocenters. The Morgan fingerprint density at radius 1 is 1.17 bits per heavy atom. The summed E-state index contributed by atoms with van der Waals surface area (Å²) in [5.41, 5.74) is 4.95. The van der Waals surface area contributed by atoms with Gasteiger partial charge in [-0.05, 0) is 32.1 Å². The molecule has 3 N–H and O–H groups in total. The molecule has 0 spiro atoms. The van der Waals surface area contributed by atoms with E-state index in [9.17, 15) is 18.0 Å². The number of rotatable bonds is 6. The monoisotopic (exact) mass is 277 g/mol. The predicted octanol–water partition coefficient (Wildman–Crippen LogP) is 0.310. The van der Waals surface area contributed by atoms with E-state index in [-0.39, 0.29) is 18.6 Å². The average molecular weight is 277 g/mol. The van der Waals surface area contributed by atoms with E-state index in [4.69, 9.17) is 10.8 Å². The molecule has 104 valence electrons. The molecule has 0 aromatic rings. The van der Waals surface area contributed by atoms with Gasteiger partial charge in [-0.15, -0.1) is 0 Å². The fourth-order valence-corrected chi connectivity index (χ4v) is 4.15. The summed E-state index contributed by atoms with van der Waals surface area (Å²) in [5, 5.41) is 8.37. The molecule has 0 aromatic carbocycles. The van der Waals surface area contributed by atoms with Gasteiger partial charge in [-0.25, -0.2) is 8.42 Å². The summed E-state index contributed by atoms with van der Waals surface area (Å²) in [4.78, 5) is 21.3. The van der Waals surface area contributed by atoms with E-state index in [1.807, 2.05) is 0 Å². The summed E-state index contributed by atoms with van der Waals surface area (Å²) in [6.07, 6.45) is 1.94. The van der Waals surface area contributed by atoms with Crippen LogP contribution < -0.4 is 5.73 Å². The van der Waals surface area contributed by atoms with Gasteiger partial charge in [0.25, 0.3) is 0 Å². The second kappa shape index (κ2) is 6.17. The Labute approximate surface area is 106 Å². The molecule has 0 heterocycles. The Balaban J connectivity index is 2.45. The van der Waals surface area contributed by atoms with Crippen LogP contribution in [0, 0.1) is 5.92 Å². The Hall–Kier alpha value is -1.11. The number of aliphatic carboxylic acids is 1. The van der Waals surface area contributed by atoms with Gasteiger partial charge in [0.2, 0.25) is 5.91 Å². The van der Waals surface area contributed by atoms with Crippen molar-refractivity contribution in [2.75, 3.05) is 5.75 Å². The minimum Gasteiger partial charge on any atom is -0.481 e. The highest BCUT2D eigenvalue weighted by atomic mass is 32.2. The van der Waals surface area contributed by atoms with Crippen LogP contribution in [0.15, 0.2) is 0 Å². The normalized spacial score (nSPS) is 24.7. The first-order chi connectivity index (χ1) is 8.33. The lowest BCUT2D eigenvalue weighted by Crippen LogP contribution is -2.31. The molecule has 0 aliphatic heterocycles. The van der Waals surface area contributed by atoms with Crippen LogP contribution in [0.25, 0.3) is 0 Å². The number of sulfone groups is 1. The average Bonchev–Trinajstić information content (AvgIpc) is 2.28. The number of primary amides is 1. The summed E-state index contributed by atoms with van der Waals surface area (Å²) in [7, 11) is -3.23. The maximum atomic E-state index is 11.9. The Morgan fingerprint density at radius 2 is 1.72 bits per heavy atom. The van der Waals surface area contributed by atoms with Crippen molar-refractivity contribution >= 4 is 21.7 Å². The Kier molecular flexibility index (Phi) is 5.13. The lowest BCUT2D eigenvalue weighted by molar-refractivity contribution is -0.142. The van der Waals surface area contributed by atoms with Gasteiger partial charge in [-0.3, -0.25) is 9.59 Å². The van der Waals surface area contributed by atoms with Crippen LogP contribution >= 0.6 is 0 Å². The number of carbonyl (C=O) groups is 2. The molecule has 0 saturated heterocycles. The van der Waals surface area contributed by atoms with Crippen molar-refractivity contribution in [3.63, 3.8) is 0 Å². The van der Waals surface area contributed by atoms with Gasteiger partial charge >= 0.3 is 5.97 Å². The highest BCUT2D eigenvalue weighted by Gasteiger charge is 2.32. The minimum atomic E-state index is -3.23. The molecule has 0 radical (unpaired) electrons. The third-order valence-corrected chi connectivity index (χ3v) is 5.73. The van der Waals surface area contributed by atoms with Crippen LogP contribution in [0.1, 0.15) is 38.5 Å². The molecule has 0 aromatic heterocycles. The van der Waals surface area contributed by atoms with Crippen LogP contribution in [0.5, 0.6) is 0 Å². The zero-order valence-electron chi connectivity index (χ0n) is 10.2. The summed E-state index contributed by atoms with van der Waals surface area (Å²) >= 11 is 0. The van der Waals surface area contributed by atoms with E-state index in [0.29, 0.717) is 25.7 Å². The number of hydrogen-bond donors (Lipinski definition) is 2. The third kappa shape index (κ3) is 4.29. The van der Waals surface area contributed by atoms with Crippen LogP contribution in [0.2, 0.25) is 0 Å². The fraction of sp³-hybridized carbons (Fsp3) is 0.818. The first kappa shape index (κ1) is 14.9. The molecular weight excluding hydrogens is 258 g/mol. The van der Waals surface area contributed by atoms with Gasteiger partial charge in [0.15, 0.2) is 9.84 Å². The zero-order valence-corrected chi connectivity index (χ0v) is 11.0. The molecule has 6 nitrogen and oxygen atoms in total. The zero-order chi connectivity index (χ0) is 13.8. The van der Waals surface area contributed by atoms with Gasteiger partial charge in [-0.2, -0.15) is 0 Å². The first-order valence-electron chi connectivity index (χ1n) is 6.05. The topological polar surface area (TPSA) is 115 Å². The van der Waals surface area contributed by atoms with Crippen molar-refractivity contribution in [3.05, 3.63) is 0 Å². The van der Waals surface area contributed by atoms with E-state index in [1.54, 1.807) is 0 Å². The molecule has 1 saturated carbocycles. The maximum absolute atomic E-state index is 11.9. The lowest BCUT2D eigenvalue weighted by atomic mass is 9.89. The second-order valence-corrected chi connectivity index (χ2v) is 7.15. The predicted molar refractivity (Wildman–Crippen MR) is 65.6 cm³/mol. The van der Waals surface area contributed by atoms with Crippen molar-refractivity contribution in [2.24, 2.45) is 11.7 Å². The van der Waals surface area contributed by atoms with Crippen molar-refractivity contribution in [1.29, 1.82) is 0 Å². The van der Waals surface area contributed by atoms with Crippen LogP contribution in [-0.4, -0.2) is 36.4 Å². The largest absolute Gasteiger partial charge is 0.481 e. The SMILES string of the molecule is NC(=O)CCCS(=O)(=O)C1CCC(C(=O)O)CC1. The molecule has 7 heteroatoms. The number of carboxylic acid groups (broad SMARTS) is 1. The highest BCUT2D eigenvalue weighted by Crippen LogP contribution is 2.29. The minimum absolute atomic E-state index is 0.0433. The van der Waals surface area contributed by atoms with Crippen LogP contribution in [-0.2, 0) is 19.4 Å². The van der Waals surface area contributed by atoms with Crippen LogP contribution in [0.4, 0.5) is 0 Å². The summed E-state index contributed by atoms with van der Waals surface area (Å²) < 4.78 is 23.9. The Morgan fingerprint density at radius 3 is 2.17 bits per heavy atom. The highest BCUT2D eigenvalue weighted by molar-refractivity contribution is 7.92. The third-order valence-electron chi connectivity index (χ3n) is 3.38. The maximum Gasteiger partial charge on any atom is 0.306 e. The summed E-state index contributed by atoms with van der Waals surface area (Å²) in [6.45, 7) is 0. The van der Waals surface area contributed by atoms with E-state index < -0.39 is 32.9 Å². The second-order valence-electron chi connectivity index (χ2n) is 4.75. The molecule has 1 aliphatic rings. The molecule has 1 amide bonds. The van der Waals surface area contributed by atoms with E-state index in [0.717, 1.165) is 0 Å². The van der Waals surface area contributed by atoms with Crippen molar-refractivity contribution in [3.8, 4) is 0 Å². The number of nitrogens with two attached hydrogens (primary N) is 1. The van der Waals surface area contributed by atoms with E-state index in [2.05, 4.69) is 0 Å². The van der Waals surface area contributed by atoms with E-state index in [1.165, 1.54) is 0 Å². The first-order valence-corrected chi connectivity index (χ1v) is 7.77. The van der Waals surface area contributed by atoms with Gasteiger partial charge < -0.3 is 10.8 Å². The standard InChI is InChI=1S/C11H19NO5S/c12-10(13)2-1-7-18(16,17)9-5-3-8(4-6-9)11(14)15/h8-9H,1-7H2,(H2,12,13)(H,14,15). The summed E-state index contributed by atoms with van der Waals surface area (Å²) in [5.74, 6) is -1.81. The van der Waals surface area contributed by atoms with Crippen molar-refractivity contribution < 1.29 is 23.1 Å². The summed E-state index contributed by atoms with van der Waals surface area (Å²) in [6, 6.07) is 0. The molecule has 0 atom stereocenters. The van der Waals surface area contributed by atoms with Crippen LogP contribution in [0.3, 0.4) is 0 Å². The van der Waals surface area contributed by atoms with Gasteiger partial charge in [0, 0.05) is 6.42 Å². The molecule has 1 aliphatic carbocycles. The van der Waals surface area contributed by atoms with E-state index >= 15 is 0 Å². The lowest BCUT2D eigenvalue weighted by Gasteiger charge is -2.25. The van der Waals surface area contributed by atoms with Crippen molar-refractivity contribution in [1.82, 2.24) is 0 Å².